The van der Waals surface area contributed by atoms with Gasteiger partial charge < -0.3 is 10.4 Å². The van der Waals surface area contributed by atoms with Crippen molar-refractivity contribution in [2.45, 2.75) is 38.1 Å². The minimum absolute atomic E-state index is 0.155. The summed E-state index contributed by atoms with van der Waals surface area (Å²) in [7, 11) is 0. The summed E-state index contributed by atoms with van der Waals surface area (Å²) in [6.45, 7) is 3.56. The maximum absolute atomic E-state index is 12.4. The highest BCUT2D eigenvalue weighted by Crippen LogP contribution is 2.48. The number of hydrogen-bond acceptors (Lipinski definition) is 2. The molecular weight excluding hydrogens is 278 g/mol. The van der Waals surface area contributed by atoms with Crippen LogP contribution in [0.25, 0.3) is 0 Å². The van der Waals surface area contributed by atoms with E-state index in [4.69, 9.17) is 16.7 Å². The van der Waals surface area contributed by atoms with Crippen molar-refractivity contribution in [3.63, 3.8) is 0 Å². The Morgan fingerprint density at radius 2 is 1.80 bits per heavy atom. The molecule has 0 radical (unpaired) electrons. The monoisotopic (exact) mass is 295 g/mol. The maximum atomic E-state index is 12.4. The van der Waals surface area contributed by atoms with Gasteiger partial charge in [0.05, 0.1) is 5.41 Å². The van der Waals surface area contributed by atoms with Gasteiger partial charge in [0.1, 0.15) is 6.04 Å². The van der Waals surface area contributed by atoms with Gasteiger partial charge in [0.25, 0.3) is 0 Å². The van der Waals surface area contributed by atoms with E-state index in [0.717, 1.165) is 18.4 Å². The van der Waals surface area contributed by atoms with Crippen molar-refractivity contribution in [3.8, 4) is 0 Å². The highest BCUT2D eigenvalue weighted by Gasteiger charge is 2.52. The largest absolute Gasteiger partial charge is 0.480 e. The fourth-order valence-corrected chi connectivity index (χ4v) is 2.46. The summed E-state index contributed by atoms with van der Waals surface area (Å²) in [4.78, 5) is 23.6. The number of carboxylic acid groups (broad SMARTS) is 1. The smallest absolute Gasteiger partial charge is 0.326 e. The van der Waals surface area contributed by atoms with Gasteiger partial charge in [-0.05, 0) is 36.5 Å². The first kappa shape index (κ1) is 14.9. The van der Waals surface area contributed by atoms with Crippen molar-refractivity contribution in [2.24, 2.45) is 5.92 Å². The maximum Gasteiger partial charge on any atom is 0.326 e. The van der Waals surface area contributed by atoms with E-state index < -0.39 is 17.4 Å². The highest BCUT2D eigenvalue weighted by molar-refractivity contribution is 6.30. The lowest BCUT2D eigenvalue weighted by Crippen LogP contribution is -2.48. The summed E-state index contributed by atoms with van der Waals surface area (Å²) in [5.74, 6) is -1.36. The van der Waals surface area contributed by atoms with E-state index in [0.29, 0.717) is 5.02 Å². The first-order valence-electron chi connectivity index (χ1n) is 6.66. The van der Waals surface area contributed by atoms with Crippen molar-refractivity contribution in [1.82, 2.24) is 5.32 Å². The van der Waals surface area contributed by atoms with Crippen LogP contribution < -0.4 is 5.32 Å². The fourth-order valence-electron chi connectivity index (χ4n) is 2.33. The number of aliphatic carboxylic acids is 1. The number of carboxylic acids is 1. The molecule has 1 aromatic rings. The molecule has 0 saturated heterocycles. The average molecular weight is 296 g/mol. The highest BCUT2D eigenvalue weighted by atomic mass is 35.5. The van der Waals surface area contributed by atoms with Crippen LogP contribution in [0.3, 0.4) is 0 Å². The summed E-state index contributed by atoms with van der Waals surface area (Å²) in [5.41, 5.74) is 0.319. The molecule has 1 aromatic carbocycles. The van der Waals surface area contributed by atoms with Gasteiger partial charge >= 0.3 is 5.97 Å². The molecule has 1 fully saturated rings. The molecule has 2 N–H and O–H groups in total. The lowest BCUT2D eigenvalue weighted by atomic mass is 9.93. The van der Waals surface area contributed by atoms with Crippen molar-refractivity contribution in [3.05, 3.63) is 34.9 Å². The molecule has 0 spiro atoms. The minimum atomic E-state index is -1.000. The van der Waals surface area contributed by atoms with Gasteiger partial charge in [0, 0.05) is 5.02 Å². The molecule has 0 heterocycles. The zero-order valence-corrected chi connectivity index (χ0v) is 12.3. The molecule has 1 atom stereocenters. The van der Waals surface area contributed by atoms with Gasteiger partial charge in [-0.15, -0.1) is 0 Å². The lowest BCUT2D eigenvalue weighted by Gasteiger charge is -2.22. The number of hydrogen-bond donors (Lipinski definition) is 2. The average Bonchev–Trinajstić information content (AvgIpc) is 3.17. The summed E-state index contributed by atoms with van der Waals surface area (Å²) >= 11 is 5.85. The van der Waals surface area contributed by atoms with Crippen LogP contribution in [0.4, 0.5) is 0 Å². The number of benzene rings is 1. The van der Waals surface area contributed by atoms with Crippen LogP contribution >= 0.6 is 11.6 Å². The predicted molar refractivity (Wildman–Crippen MR) is 76.8 cm³/mol. The standard InChI is InChI=1S/C15H18ClNO3/c1-9(2)12(13(18)19)17-14(20)15(7-8-15)10-3-5-11(16)6-4-10/h3-6,9,12H,7-8H2,1-2H3,(H,17,20)(H,18,19). The molecule has 0 aliphatic heterocycles. The molecule has 2 rings (SSSR count). The van der Waals surface area contributed by atoms with Gasteiger partial charge in [-0.2, -0.15) is 0 Å². The van der Waals surface area contributed by atoms with Gasteiger partial charge in [-0.1, -0.05) is 37.6 Å². The third kappa shape index (κ3) is 2.80. The molecule has 5 heteroatoms. The molecule has 1 amide bonds. The third-order valence-electron chi connectivity index (χ3n) is 3.80. The molecule has 1 aliphatic carbocycles. The number of rotatable bonds is 5. The van der Waals surface area contributed by atoms with Crippen LogP contribution in [-0.4, -0.2) is 23.0 Å². The van der Waals surface area contributed by atoms with Gasteiger partial charge in [0.15, 0.2) is 0 Å². The molecule has 4 nitrogen and oxygen atoms in total. The van der Waals surface area contributed by atoms with E-state index in [1.165, 1.54) is 0 Å². The van der Waals surface area contributed by atoms with Crippen molar-refractivity contribution in [1.29, 1.82) is 0 Å². The zero-order valence-electron chi connectivity index (χ0n) is 11.5. The SMILES string of the molecule is CC(C)C(NC(=O)C1(c2ccc(Cl)cc2)CC1)C(=O)O. The van der Waals surface area contributed by atoms with Crippen LogP contribution in [0.1, 0.15) is 32.3 Å². The fraction of sp³-hybridized carbons (Fsp3) is 0.467. The topological polar surface area (TPSA) is 66.4 Å². The normalized spacial score (nSPS) is 17.6. The van der Waals surface area contributed by atoms with E-state index >= 15 is 0 Å². The summed E-state index contributed by atoms with van der Waals surface area (Å²) < 4.78 is 0. The molecule has 108 valence electrons. The van der Waals surface area contributed by atoms with Crippen LogP contribution in [0.15, 0.2) is 24.3 Å². The number of nitrogens with one attached hydrogen (secondary N) is 1. The molecule has 20 heavy (non-hydrogen) atoms. The molecule has 1 unspecified atom stereocenters. The van der Waals surface area contributed by atoms with Crippen LogP contribution in [-0.2, 0) is 15.0 Å². The summed E-state index contributed by atoms with van der Waals surface area (Å²) in [5, 5.41) is 12.4. The second kappa shape index (κ2) is 5.44. The zero-order chi connectivity index (χ0) is 14.9. The number of carbonyl (C=O) groups is 2. The van der Waals surface area contributed by atoms with Crippen LogP contribution in [0.2, 0.25) is 5.02 Å². The van der Waals surface area contributed by atoms with Gasteiger partial charge in [-0.25, -0.2) is 4.79 Å². The van der Waals surface area contributed by atoms with Crippen molar-refractivity contribution in [2.75, 3.05) is 0 Å². The second-order valence-electron chi connectivity index (χ2n) is 5.62. The Balaban J connectivity index is 2.16. The Kier molecular flexibility index (Phi) is 4.04. The Hall–Kier alpha value is -1.55. The minimum Gasteiger partial charge on any atom is -0.480 e. The summed E-state index contributed by atoms with van der Waals surface area (Å²) in [6, 6.07) is 6.32. The molecule has 1 saturated carbocycles. The van der Waals surface area contributed by atoms with Crippen molar-refractivity contribution >= 4 is 23.5 Å². The van der Waals surface area contributed by atoms with E-state index in [9.17, 15) is 9.59 Å². The molecular formula is C15H18ClNO3. The van der Waals surface area contributed by atoms with Crippen LogP contribution in [0.5, 0.6) is 0 Å². The number of halogens is 1. The Morgan fingerprint density at radius 3 is 2.20 bits per heavy atom. The van der Waals surface area contributed by atoms with E-state index in [1.807, 2.05) is 12.1 Å². The van der Waals surface area contributed by atoms with Gasteiger partial charge in [0.2, 0.25) is 5.91 Å². The summed E-state index contributed by atoms with van der Waals surface area (Å²) in [6.07, 6.45) is 1.48. The van der Waals surface area contributed by atoms with Crippen molar-refractivity contribution < 1.29 is 14.7 Å². The van der Waals surface area contributed by atoms with E-state index in [1.54, 1.807) is 26.0 Å². The second-order valence-corrected chi connectivity index (χ2v) is 6.06. The molecule has 0 aromatic heterocycles. The predicted octanol–water partition coefficient (Wildman–Crippen LogP) is 2.60. The Labute approximate surface area is 123 Å². The molecule has 0 bridgehead atoms. The third-order valence-corrected chi connectivity index (χ3v) is 4.05. The van der Waals surface area contributed by atoms with E-state index in [2.05, 4.69) is 5.32 Å². The van der Waals surface area contributed by atoms with Crippen LogP contribution in [0, 0.1) is 5.92 Å². The van der Waals surface area contributed by atoms with Gasteiger partial charge in [-0.3, -0.25) is 4.79 Å². The van der Waals surface area contributed by atoms with E-state index in [-0.39, 0.29) is 11.8 Å². The Morgan fingerprint density at radius 1 is 1.25 bits per heavy atom. The quantitative estimate of drug-likeness (QED) is 0.877. The Bertz CT molecular complexity index is 520. The number of carbonyl (C=O) groups excluding carboxylic acids is 1. The lowest BCUT2D eigenvalue weighted by molar-refractivity contribution is -0.143. The first-order chi connectivity index (χ1) is 9.36. The first-order valence-corrected chi connectivity index (χ1v) is 7.04. The molecule has 1 aliphatic rings. The number of amides is 1.